The SMILES string of the molecule is CCCN1CCC(NC(=NCc2ccc3c(c2)CCCN3C)NCC)CC1. The smallest absolute Gasteiger partial charge is 0.191 e. The molecule has 0 bridgehead atoms. The van der Waals surface area contributed by atoms with Gasteiger partial charge in [-0.3, -0.25) is 0 Å². The molecule has 3 rings (SSSR count). The van der Waals surface area contributed by atoms with E-state index in [0.29, 0.717) is 6.04 Å². The summed E-state index contributed by atoms with van der Waals surface area (Å²) in [5.74, 6) is 0.960. The third kappa shape index (κ3) is 5.61. The second kappa shape index (κ2) is 9.98. The number of hydrogen-bond acceptors (Lipinski definition) is 3. The van der Waals surface area contributed by atoms with Crippen molar-refractivity contribution < 1.29 is 0 Å². The minimum atomic E-state index is 0.535. The molecule has 150 valence electrons. The molecular formula is C22H37N5. The van der Waals surface area contributed by atoms with Crippen molar-refractivity contribution in [1.82, 2.24) is 15.5 Å². The number of fused-ring (bicyclic) bond motifs is 1. The van der Waals surface area contributed by atoms with Crippen molar-refractivity contribution in [3.05, 3.63) is 29.3 Å². The number of likely N-dealkylation sites (tertiary alicyclic amines) is 1. The Morgan fingerprint density at radius 3 is 2.74 bits per heavy atom. The van der Waals surface area contributed by atoms with Crippen molar-refractivity contribution in [2.45, 2.75) is 58.5 Å². The molecule has 0 aliphatic carbocycles. The van der Waals surface area contributed by atoms with Gasteiger partial charge in [0.15, 0.2) is 5.96 Å². The molecule has 27 heavy (non-hydrogen) atoms. The molecule has 1 aromatic rings. The zero-order valence-electron chi connectivity index (χ0n) is 17.4. The van der Waals surface area contributed by atoms with Crippen LogP contribution in [-0.4, -0.2) is 56.7 Å². The second-order valence-electron chi connectivity index (χ2n) is 7.94. The van der Waals surface area contributed by atoms with E-state index in [0.717, 1.165) is 25.6 Å². The van der Waals surface area contributed by atoms with Crippen molar-refractivity contribution >= 4 is 11.6 Å². The predicted octanol–water partition coefficient (Wildman–Crippen LogP) is 3.00. The Morgan fingerprint density at radius 1 is 1.19 bits per heavy atom. The topological polar surface area (TPSA) is 42.9 Å². The van der Waals surface area contributed by atoms with E-state index < -0.39 is 0 Å². The third-order valence-corrected chi connectivity index (χ3v) is 5.73. The van der Waals surface area contributed by atoms with Gasteiger partial charge in [-0.2, -0.15) is 0 Å². The van der Waals surface area contributed by atoms with E-state index in [1.807, 2.05) is 0 Å². The monoisotopic (exact) mass is 371 g/mol. The fraction of sp³-hybridized carbons (Fsp3) is 0.682. The van der Waals surface area contributed by atoms with E-state index in [1.165, 1.54) is 68.6 Å². The zero-order valence-corrected chi connectivity index (χ0v) is 17.4. The molecule has 5 heteroatoms. The van der Waals surface area contributed by atoms with Gasteiger partial charge in [0.2, 0.25) is 0 Å². The van der Waals surface area contributed by atoms with Gasteiger partial charge in [0.05, 0.1) is 6.54 Å². The minimum Gasteiger partial charge on any atom is -0.374 e. The first kappa shape index (κ1) is 20.0. The molecule has 2 N–H and O–H groups in total. The Hall–Kier alpha value is -1.75. The molecule has 0 unspecified atom stereocenters. The standard InChI is InChI=1S/C22H37N5/c1-4-12-27-14-10-20(11-15-27)25-22(23-5-2)24-17-18-8-9-21-19(16-18)7-6-13-26(21)3/h8-9,16,20H,4-7,10-15,17H2,1-3H3,(H2,23,24,25). The Bertz CT molecular complexity index is 619. The second-order valence-corrected chi connectivity index (χ2v) is 7.94. The lowest BCUT2D eigenvalue weighted by atomic mass is 10.00. The van der Waals surface area contributed by atoms with Crippen LogP contribution >= 0.6 is 0 Å². The fourth-order valence-corrected chi connectivity index (χ4v) is 4.24. The fourth-order valence-electron chi connectivity index (χ4n) is 4.24. The maximum atomic E-state index is 4.87. The van der Waals surface area contributed by atoms with E-state index in [4.69, 9.17) is 4.99 Å². The highest BCUT2D eigenvalue weighted by Gasteiger charge is 2.19. The van der Waals surface area contributed by atoms with Crippen LogP contribution in [-0.2, 0) is 13.0 Å². The van der Waals surface area contributed by atoms with E-state index in [1.54, 1.807) is 0 Å². The summed E-state index contributed by atoms with van der Waals surface area (Å²) in [6.07, 6.45) is 6.09. The minimum absolute atomic E-state index is 0.535. The lowest BCUT2D eigenvalue weighted by Gasteiger charge is -2.32. The molecular weight excluding hydrogens is 334 g/mol. The molecule has 1 fully saturated rings. The molecule has 0 radical (unpaired) electrons. The summed E-state index contributed by atoms with van der Waals surface area (Å²) in [5.41, 5.74) is 4.16. The number of benzene rings is 1. The lowest BCUT2D eigenvalue weighted by Crippen LogP contribution is -2.48. The van der Waals surface area contributed by atoms with Crippen LogP contribution in [0, 0.1) is 0 Å². The highest BCUT2D eigenvalue weighted by molar-refractivity contribution is 5.80. The number of rotatable bonds is 6. The highest BCUT2D eigenvalue weighted by atomic mass is 15.2. The Morgan fingerprint density at radius 2 is 2.00 bits per heavy atom. The molecule has 2 aliphatic rings. The first-order chi connectivity index (χ1) is 13.2. The Kier molecular flexibility index (Phi) is 7.39. The largest absolute Gasteiger partial charge is 0.374 e. The number of aryl methyl sites for hydroxylation is 1. The molecule has 0 amide bonds. The van der Waals surface area contributed by atoms with E-state index in [-0.39, 0.29) is 0 Å². The summed E-state index contributed by atoms with van der Waals surface area (Å²) in [5, 5.41) is 7.09. The quantitative estimate of drug-likeness (QED) is 0.596. The van der Waals surface area contributed by atoms with Crippen LogP contribution in [0.1, 0.15) is 50.7 Å². The van der Waals surface area contributed by atoms with Crippen LogP contribution in [0.3, 0.4) is 0 Å². The number of piperidine rings is 1. The van der Waals surface area contributed by atoms with Crippen molar-refractivity contribution in [2.24, 2.45) is 4.99 Å². The van der Waals surface area contributed by atoms with E-state index in [9.17, 15) is 0 Å². The van der Waals surface area contributed by atoms with Crippen LogP contribution in [0.5, 0.6) is 0 Å². The summed E-state index contributed by atoms with van der Waals surface area (Å²) >= 11 is 0. The Labute approximate surface area is 165 Å². The Balaban J connectivity index is 1.58. The summed E-state index contributed by atoms with van der Waals surface area (Å²) in [6, 6.07) is 7.38. The van der Waals surface area contributed by atoms with Crippen molar-refractivity contribution in [3.8, 4) is 0 Å². The van der Waals surface area contributed by atoms with Gasteiger partial charge in [-0.15, -0.1) is 0 Å². The normalized spacial score (nSPS) is 19.1. The number of nitrogens with one attached hydrogen (secondary N) is 2. The molecule has 2 aliphatic heterocycles. The average molecular weight is 372 g/mol. The van der Waals surface area contributed by atoms with E-state index >= 15 is 0 Å². The maximum Gasteiger partial charge on any atom is 0.191 e. The summed E-state index contributed by atoms with van der Waals surface area (Å²) in [7, 11) is 2.19. The first-order valence-corrected chi connectivity index (χ1v) is 10.8. The molecule has 1 saturated heterocycles. The maximum absolute atomic E-state index is 4.87. The number of anilines is 1. The number of guanidine groups is 1. The van der Waals surface area contributed by atoms with Crippen LogP contribution < -0.4 is 15.5 Å². The van der Waals surface area contributed by atoms with Crippen molar-refractivity contribution in [3.63, 3.8) is 0 Å². The molecule has 0 aromatic heterocycles. The van der Waals surface area contributed by atoms with Gasteiger partial charge in [0, 0.05) is 45.0 Å². The average Bonchev–Trinajstić information content (AvgIpc) is 2.68. The number of hydrogen-bond donors (Lipinski definition) is 2. The molecule has 1 aromatic carbocycles. The molecule has 0 saturated carbocycles. The van der Waals surface area contributed by atoms with Crippen LogP contribution in [0.4, 0.5) is 5.69 Å². The summed E-state index contributed by atoms with van der Waals surface area (Å²) < 4.78 is 0. The van der Waals surface area contributed by atoms with Crippen LogP contribution in [0.25, 0.3) is 0 Å². The lowest BCUT2D eigenvalue weighted by molar-refractivity contribution is 0.206. The van der Waals surface area contributed by atoms with Gasteiger partial charge in [-0.1, -0.05) is 19.1 Å². The van der Waals surface area contributed by atoms with Crippen LogP contribution in [0.15, 0.2) is 23.2 Å². The van der Waals surface area contributed by atoms with Gasteiger partial charge in [0.1, 0.15) is 0 Å². The third-order valence-electron chi connectivity index (χ3n) is 5.73. The predicted molar refractivity (Wildman–Crippen MR) is 116 cm³/mol. The van der Waals surface area contributed by atoms with Crippen molar-refractivity contribution in [1.29, 1.82) is 0 Å². The molecule has 0 spiro atoms. The number of nitrogens with zero attached hydrogens (tertiary/aromatic N) is 3. The van der Waals surface area contributed by atoms with Crippen molar-refractivity contribution in [2.75, 3.05) is 44.7 Å². The highest BCUT2D eigenvalue weighted by Crippen LogP contribution is 2.27. The van der Waals surface area contributed by atoms with Gasteiger partial charge in [0.25, 0.3) is 0 Å². The van der Waals surface area contributed by atoms with Gasteiger partial charge in [-0.25, -0.2) is 4.99 Å². The van der Waals surface area contributed by atoms with Gasteiger partial charge >= 0.3 is 0 Å². The molecule has 5 nitrogen and oxygen atoms in total. The van der Waals surface area contributed by atoms with Gasteiger partial charge < -0.3 is 20.4 Å². The molecule has 2 heterocycles. The number of aliphatic imine (C=N–C) groups is 1. The molecule has 0 atom stereocenters. The summed E-state index contributed by atoms with van der Waals surface area (Å²) in [6.45, 7) is 10.8. The van der Waals surface area contributed by atoms with Crippen LogP contribution in [0.2, 0.25) is 0 Å². The van der Waals surface area contributed by atoms with Gasteiger partial charge in [-0.05, 0) is 62.8 Å². The summed E-state index contributed by atoms with van der Waals surface area (Å²) in [4.78, 5) is 9.81. The first-order valence-electron chi connectivity index (χ1n) is 10.8. The van der Waals surface area contributed by atoms with E-state index in [2.05, 4.69) is 59.5 Å². The zero-order chi connectivity index (χ0) is 19.1.